The fourth-order valence-corrected chi connectivity index (χ4v) is 3.26. The van der Waals surface area contributed by atoms with E-state index >= 15 is 0 Å². The number of rotatable bonds is 6. The summed E-state index contributed by atoms with van der Waals surface area (Å²) in [7, 11) is 0. The van der Waals surface area contributed by atoms with Gasteiger partial charge in [-0.1, -0.05) is 37.3 Å². The van der Waals surface area contributed by atoms with Gasteiger partial charge in [-0.3, -0.25) is 9.59 Å². The van der Waals surface area contributed by atoms with Crippen LogP contribution in [0.15, 0.2) is 30.3 Å². The van der Waals surface area contributed by atoms with Crippen LogP contribution in [0.2, 0.25) is 0 Å². The van der Waals surface area contributed by atoms with Gasteiger partial charge in [-0.05, 0) is 37.7 Å². The number of carbonyl (C=O) groups is 2. The fraction of sp³-hybridized carbons (Fsp3) is 0.579. The fourth-order valence-electron chi connectivity index (χ4n) is 3.26. The Labute approximate surface area is 139 Å². The van der Waals surface area contributed by atoms with E-state index in [1.54, 1.807) is 11.8 Å². The van der Waals surface area contributed by atoms with Crippen LogP contribution >= 0.6 is 0 Å². The van der Waals surface area contributed by atoms with Gasteiger partial charge in [-0.2, -0.15) is 0 Å². The highest BCUT2D eigenvalue weighted by Crippen LogP contribution is 2.19. The number of nitrogens with zero attached hydrogens (tertiary/aromatic N) is 2. The van der Waals surface area contributed by atoms with Crippen molar-refractivity contribution >= 4 is 11.8 Å². The summed E-state index contributed by atoms with van der Waals surface area (Å²) in [6.07, 6.45) is 5.14. The first kappa shape index (κ1) is 17.5. The number of benzene rings is 1. The van der Waals surface area contributed by atoms with E-state index < -0.39 is 0 Å². The second kappa shape index (κ2) is 8.70. The van der Waals surface area contributed by atoms with Crippen molar-refractivity contribution < 1.29 is 9.59 Å². The second-order valence-corrected chi connectivity index (χ2v) is 6.32. The van der Waals surface area contributed by atoms with Crippen LogP contribution in [0.25, 0.3) is 0 Å². The van der Waals surface area contributed by atoms with Gasteiger partial charge < -0.3 is 9.80 Å². The Morgan fingerprint density at radius 3 is 2.61 bits per heavy atom. The van der Waals surface area contributed by atoms with Gasteiger partial charge in [0.2, 0.25) is 11.8 Å². The highest BCUT2D eigenvalue weighted by molar-refractivity contribution is 5.84. The van der Waals surface area contributed by atoms with Crippen molar-refractivity contribution in [3.8, 4) is 0 Å². The summed E-state index contributed by atoms with van der Waals surface area (Å²) in [4.78, 5) is 28.2. The molecular weight excluding hydrogens is 288 g/mol. The Kier molecular flexibility index (Phi) is 6.63. The molecule has 1 heterocycles. The van der Waals surface area contributed by atoms with E-state index in [0.29, 0.717) is 12.6 Å². The molecule has 0 bridgehead atoms. The normalized spacial score (nSPS) is 17.8. The van der Waals surface area contributed by atoms with E-state index in [-0.39, 0.29) is 18.4 Å². The predicted molar refractivity (Wildman–Crippen MR) is 92.0 cm³/mol. The highest BCUT2D eigenvalue weighted by Gasteiger charge is 2.26. The van der Waals surface area contributed by atoms with Gasteiger partial charge >= 0.3 is 0 Å². The Hall–Kier alpha value is -1.84. The summed E-state index contributed by atoms with van der Waals surface area (Å²) in [6.45, 7) is 5.32. The molecule has 1 aromatic rings. The molecule has 2 rings (SSSR count). The Morgan fingerprint density at radius 2 is 1.96 bits per heavy atom. The van der Waals surface area contributed by atoms with Crippen molar-refractivity contribution in [2.45, 2.75) is 52.0 Å². The van der Waals surface area contributed by atoms with E-state index in [1.165, 1.54) is 12.0 Å². The number of likely N-dealkylation sites (tertiary alicyclic amines) is 1. The summed E-state index contributed by atoms with van der Waals surface area (Å²) in [5, 5.41) is 0. The molecular formula is C19H28N2O2. The van der Waals surface area contributed by atoms with Crippen molar-refractivity contribution in [1.29, 1.82) is 0 Å². The van der Waals surface area contributed by atoms with Crippen LogP contribution in [-0.4, -0.2) is 47.3 Å². The largest absolute Gasteiger partial charge is 0.338 e. The number of amides is 2. The SMILES string of the molecule is CCC1CCCCN1C(=O)CN(CCc1ccccc1)C(C)=O. The molecule has 1 atom stereocenters. The van der Waals surface area contributed by atoms with Crippen molar-refractivity contribution in [2.75, 3.05) is 19.6 Å². The molecule has 4 heteroatoms. The minimum absolute atomic E-state index is 0.0284. The van der Waals surface area contributed by atoms with Gasteiger partial charge in [0.25, 0.3) is 0 Å². The number of carbonyl (C=O) groups excluding carboxylic acids is 2. The van der Waals surface area contributed by atoms with Crippen LogP contribution in [-0.2, 0) is 16.0 Å². The van der Waals surface area contributed by atoms with E-state index in [2.05, 4.69) is 19.1 Å². The van der Waals surface area contributed by atoms with Gasteiger partial charge in [0.1, 0.15) is 0 Å². The molecule has 0 aliphatic carbocycles. The number of hydrogen-bond donors (Lipinski definition) is 0. The molecule has 0 N–H and O–H groups in total. The van der Waals surface area contributed by atoms with Crippen LogP contribution in [0.5, 0.6) is 0 Å². The predicted octanol–water partition coefficient (Wildman–Crippen LogP) is 2.87. The van der Waals surface area contributed by atoms with Crippen molar-refractivity contribution in [2.24, 2.45) is 0 Å². The lowest BCUT2D eigenvalue weighted by Crippen LogP contribution is -2.49. The Balaban J connectivity index is 1.93. The monoisotopic (exact) mass is 316 g/mol. The first-order valence-electron chi connectivity index (χ1n) is 8.70. The van der Waals surface area contributed by atoms with Crippen LogP contribution in [0.3, 0.4) is 0 Å². The summed E-state index contributed by atoms with van der Waals surface area (Å²) >= 11 is 0. The number of hydrogen-bond acceptors (Lipinski definition) is 2. The minimum atomic E-state index is -0.0284. The van der Waals surface area contributed by atoms with E-state index in [9.17, 15) is 9.59 Å². The van der Waals surface area contributed by atoms with Crippen molar-refractivity contribution in [3.63, 3.8) is 0 Å². The molecule has 1 aromatic carbocycles. The van der Waals surface area contributed by atoms with E-state index in [0.717, 1.165) is 32.2 Å². The molecule has 0 saturated carbocycles. The molecule has 1 aliphatic rings. The molecule has 1 saturated heterocycles. The first-order chi connectivity index (χ1) is 11.1. The zero-order chi connectivity index (χ0) is 16.7. The molecule has 126 valence electrons. The average molecular weight is 316 g/mol. The zero-order valence-electron chi connectivity index (χ0n) is 14.3. The van der Waals surface area contributed by atoms with Gasteiger partial charge in [0.05, 0.1) is 6.54 Å². The van der Waals surface area contributed by atoms with Gasteiger partial charge in [0, 0.05) is 26.1 Å². The third-order valence-corrected chi connectivity index (χ3v) is 4.70. The summed E-state index contributed by atoms with van der Waals surface area (Å²) in [6, 6.07) is 10.4. The van der Waals surface area contributed by atoms with E-state index in [4.69, 9.17) is 0 Å². The average Bonchev–Trinajstić information content (AvgIpc) is 2.59. The molecule has 1 aliphatic heterocycles. The minimum Gasteiger partial charge on any atom is -0.338 e. The van der Waals surface area contributed by atoms with Crippen LogP contribution in [0.4, 0.5) is 0 Å². The maximum Gasteiger partial charge on any atom is 0.242 e. The molecule has 4 nitrogen and oxygen atoms in total. The zero-order valence-corrected chi connectivity index (χ0v) is 14.3. The van der Waals surface area contributed by atoms with Crippen molar-refractivity contribution in [3.05, 3.63) is 35.9 Å². The van der Waals surface area contributed by atoms with Crippen LogP contribution in [0.1, 0.15) is 45.1 Å². The molecule has 0 aromatic heterocycles. The molecule has 0 radical (unpaired) electrons. The van der Waals surface area contributed by atoms with Gasteiger partial charge in [0.15, 0.2) is 0 Å². The third kappa shape index (κ3) is 5.08. The smallest absolute Gasteiger partial charge is 0.242 e. The molecule has 2 amide bonds. The lowest BCUT2D eigenvalue weighted by Gasteiger charge is -2.36. The lowest BCUT2D eigenvalue weighted by molar-refractivity contribution is -0.141. The van der Waals surface area contributed by atoms with Gasteiger partial charge in [-0.25, -0.2) is 0 Å². The summed E-state index contributed by atoms with van der Waals surface area (Å²) < 4.78 is 0. The van der Waals surface area contributed by atoms with Gasteiger partial charge in [-0.15, -0.1) is 0 Å². The highest BCUT2D eigenvalue weighted by atomic mass is 16.2. The third-order valence-electron chi connectivity index (χ3n) is 4.70. The first-order valence-corrected chi connectivity index (χ1v) is 8.70. The summed E-state index contributed by atoms with van der Waals surface area (Å²) in [5.41, 5.74) is 1.19. The topological polar surface area (TPSA) is 40.6 Å². The Bertz CT molecular complexity index is 515. The summed E-state index contributed by atoms with van der Waals surface area (Å²) in [5.74, 6) is 0.0687. The Morgan fingerprint density at radius 1 is 1.22 bits per heavy atom. The molecule has 1 fully saturated rings. The molecule has 23 heavy (non-hydrogen) atoms. The number of piperidine rings is 1. The van der Waals surface area contributed by atoms with E-state index in [1.807, 2.05) is 23.1 Å². The van der Waals surface area contributed by atoms with Crippen LogP contribution in [0, 0.1) is 0 Å². The standard InChI is InChI=1S/C19H28N2O2/c1-3-18-11-7-8-13-21(18)19(23)15-20(16(2)22)14-12-17-9-5-4-6-10-17/h4-6,9-10,18H,3,7-8,11-15H2,1-2H3. The lowest BCUT2D eigenvalue weighted by atomic mass is 10.00. The molecule has 1 unspecified atom stereocenters. The van der Waals surface area contributed by atoms with Crippen molar-refractivity contribution in [1.82, 2.24) is 9.80 Å². The maximum absolute atomic E-state index is 12.6. The second-order valence-electron chi connectivity index (χ2n) is 6.32. The molecule has 0 spiro atoms. The maximum atomic E-state index is 12.6. The quantitative estimate of drug-likeness (QED) is 0.810. The van der Waals surface area contributed by atoms with Crippen LogP contribution < -0.4 is 0 Å².